The Kier molecular flexibility index (Phi) is 6.08. The van der Waals surface area contributed by atoms with Gasteiger partial charge in [0, 0.05) is 11.9 Å². The number of rotatable bonds is 6. The number of carbonyl (C=O) groups excluding carboxylic acids is 2. The van der Waals surface area contributed by atoms with E-state index in [-0.39, 0.29) is 23.9 Å². The molecule has 0 bridgehead atoms. The molecule has 0 spiro atoms. The van der Waals surface area contributed by atoms with Crippen LogP contribution in [0.5, 0.6) is 0 Å². The lowest BCUT2D eigenvalue weighted by atomic mass is 10.1. The Morgan fingerprint density at radius 2 is 2.06 bits per heavy atom. The van der Waals surface area contributed by atoms with E-state index in [0.717, 1.165) is 22.3 Å². The molecule has 1 aromatic carbocycles. The number of hydrogen-bond acceptors (Lipinski definition) is 8. The van der Waals surface area contributed by atoms with Crippen molar-refractivity contribution in [1.82, 2.24) is 9.97 Å². The number of para-hydroxylation sites is 1. The third kappa shape index (κ3) is 4.42. The number of aryl methyl sites for hydroxylation is 1. The normalized spacial score (nSPS) is 15.6. The molecule has 0 saturated carbocycles. The van der Waals surface area contributed by atoms with Crippen molar-refractivity contribution in [2.45, 2.75) is 31.9 Å². The first-order chi connectivity index (χ1) is 15.2. The van der Waals surface area contributed by atoms with Crippen LogP contribution in [-0.4, -0.2) is 42.0 Å². The fourth-order valence-electron chi connectivity index (χ4n) is 3.52. The van der Waals surface area contributed by atoms with E-state index in [1.165, 1.54) is 22.3 Å². The van der Waals surface area contributed by atoms with Crippen LogP contribution in [-0.2, 0) is 26.9 Å². The van der Waals surface area contributed by atoms with E-state index in [4.69, 9.17) is 4.74 Å². The maximum atomic E-state index is 13.2. The summed E-state index contributed by atoms with van der Waals surface area (Å²) in [6.07, 6.45) is -3.17. The Balaban J connectivity index is 1.44. The van der Waals surface area contributed by atoms with E-state index in [9.17, 15) is 22.8 Å². The van der Waals surface area contributed by atoms with Crippen LogP contribution < -0.4 is 10.2 Å². The summed E-state index contributed by atoms with van der Waals surface area (Å²) in [5, 5.41) is 3.39. The number of anilines is 2. The first-order valence-corrected chi connectivity index (χ1v) is 11.4. The van der Waals surface area contributed by atoms with Crippen LogP contribution >= 0.6 is 22.7 Å². The molecule has 1 atom stereocenters. The van der Waals surface area contributed by atoms with Gasteiger partial charge in [-0.25, -0.2) is 9.97 Å². The minimum atomic E-state index is -4.51. The molecule has 7 nitrogen and oxygen atoms in total. The number of amides is 1. The number of halogens is 3. The number of aromatic nitrogens is 2. The van der Waals surface area contributed by atoms with Crippen LogP contribution in [0.2, 0.25) is 0 Å². The Bertz CT molecular complexity index is 1170. The monoisotopic (exact) mass is 484 g/mol. The van der Waals surface area contributed by atoms with Gasteiger partial charge in [-0.1, -0.05) is 17.4 Å². The molecular formula is C20H19F3N4O3S2. The van der Waals surface area contributed by atoms with Gasteiger partial charge < -0.3 is 15.0 Å². The molecule has 0 fully saturated rings. The standard InChI is InChI=1S/C20H19F3N4O3S2/c1-3-30-17(29)10-7-8-13-15(10)25-18(31-13)24-14(28)9-27(2)19-26-16-11(20(21,22)23)5-4-6-12(16)32-19/h4-6,10H,3,7-9H2,1-2H3,(H,24,25,28)/t10-/m1/s1. The zero-order valence-corrected chi connectivity index (χ0v) is 18.8. The minimum absolute atomic E-state index is 0.118. The summed E-state index contributed by atoms with van der Waals surface area (Å²) < 4.78 is 45.1. The van der Waals surface area contributed by atoms with Crippen LogP contribution in [0, 0.1) is 0 Å². The summed E-state index contributed by atoms with van der Waals surface area (Å²) in [4.78, 5) is 35.5. The number of nitrogens with one attached hydrogen (secondary N) is 1. The van der Waals surface area contributed by atoms with Crippen molar-refractivity contribution in [3.63, 3.8) is 0 Å². The van der Waals surface area contributed by atoms with Gasteiger partial charge in [-0.15, -0.1) is 11.3 Å². The Morgan fingerprint density at radius 3 is 2.78 bits per heavy atom. The van der Waals surface area contributed by atoms with Crippen LogP contribution in [0.4, 0.5) is 23.4 Å². The first-order valence-electron chi connectivity index (χ1n) is 9.81. The van der Waals surface area contributed by atoms with E-state index in [0.29, 0.717) is 40.1 Å². The third-order valence-electron chi connectivity index (χ3n) is 4.96. The van der Waals surface area contributed by atoms with Gasteiger partial charge in [-0.3, -0.25) is 9.59 Å². The van der Waals surface area contributed by atoms with E-state index in [2.05, 4.69) is 15.3 Å². The van der Waals surface area contributed by atoms with Crippen LogP contribution in [0.1, 0.15) is 35.4 Å². The highest BCUT2D eigenvalue weighted by atomic mass is 32.1. The highest BCUT2D eigenvalue weighted by Gasteiger charge is 2.35. The predicted octanol–water partition coefficient (Wildman–Crippen LogP) is 4.44. The van der Waals surface area contributed by atoms with E-state index in [1.807, 2.05) is 0 Å². The van der Waals surface area contributed by atoms with Crippen LogP contribution in [0.25, 0.3) is 10.2 Å². The molecule has 0 saturated heterocycles. The molecule has 1 aliphatic rings. The van der Waals surface area contributed by atoms with E-state index in [1.54, 1.807) is 20.0 Å². The van der Waals surface area contributed by atoms with Crippen molar-refractivity contribution < 1.29 is 27.5 Å². The molecule has 170 valence electrons. The SMILES string of the molecule is CCOC(=O)[C@@H]1CCc2sc(NC(=O)CN(C)c3nc4c(C(F)(F)F)cccc4s3)nc21. The lowest BCUT2D eigenvalue weighted by molar-refractivity contribution is -0.145. The molecule has 1 aliphatic carbocycles. The average molecular weight is 485 g/mol. The number of thiazole rings is 2. The quantitative estimate of drug-likeness (QED) is 0.521. The zero-order valence-electron chi connectivity index (χ0n) is 17.2. The smallest absolute Gasteiger partial charge is 0.418 e. The fraction of sp³-hybridized carbons (Fsp3) is 0.400. The largest absolute Gasteiger partial charge is 0.465 e. The molecule has 1 N–H and O–H groups in total. The van der Waals surface area contributed by atoms with Gasteiger partial charge in [0.05, 0.1) is 34.6 Å². The van der Waals surface area contributed by atoms with Gasteiger partial charge in [-0.2, -0.15) is 13.2 Å². The van der Waals surface area contributed by atoms with Gasteiger partial charge in [-0.05, 0) is 31.9 Å². The molecule has 4 rings (SSSR count). The van der Waals surface area contributed by atoms with Crippen molar-refractivity contribution >= 4 is 55.0 Å². The summed E-state index contributed by atoms with van der Waals surface area (Å²) in [5.41, 5.74) is -0.291. The summed E-state index contributed by atoms with van der Waals surface area (Å²) >= 11 is 2.40. The molecule has 1 amide bonds. The zero-order chi connectivity index (χ0) is 23.0. The highest BCUT2D eigenvalue weighted by molar-refractivity contribution is 7.22. The number of alkyl halides is 3. The van der Waals surface area contributed by atoms with E-state index < -0.39 is 17.7 Å². The maximum Gasteiger partial charge on any atom is 0.418 e. The Morgan fingerprint density at radius 1 is 1.28 bits per heavy atom. The maximum absolute atomic E-state index is 13.2. The van der Waals surface area contributed by atoms with Gasteiger partial charge in [0.1, 0.15) is 5.92 Å². The number of benzene rings is 1. The first kappa shape index (κ1) is 22.5. The molecule has 0 radical (unpaired) electrons. The lowest BCUT2D eigenvalue weighted by Gasteiger charge is -2.14. The molecule has 0 unspecified atom stereocenters. The Hall–Kier alpha value is -2.73. The van der Waals surface area contributed by atoms with Gasteiger partial charge >= 0.3 is 12.1 Å². The Labute approximate surface area is 189 Å². The van der Waals surface area contributed by atoms with Crippen LogP contribution in [0.3, 0.4) is 0 Å². The van der Waals surface area contributed by atoms with Gasteiger partial charge in [0.15, 0.2) is 10.3 Å². The summed E-state index contributed by atoms with van der Waals surface area (Å²) in [6.45, 7) is 1.92. The second-order valence-corrected chi connectivity index (χ2v) is 9.31. The fourth-order valence-corrected chi connectivity index (χ4v) is 5.53. The molecule has 32 heavy (non-hydrogen) atoms. The van der Waals surface area contributed by atoms with E-state index >= 15 is 0 Å². The molecule has 2 heterocycles. The van der Waals surface area contributed by atoms with Crippen LogP contribution in [0.15, 0.2) is 18.2 Å². The predicted molar refractivity (Wildman–Crippen MR) is 116 cm³/mol. The number of esters is 1. The third-order valence-corrected chi connectivity index (χ3v) is 7.14. The van der Waals surface area contributed by atoms with Gasteiger partial charge in [0.2, 0.25) is 5.91 Å². The van der Waals surface area contributed by atoms with Crippen molar-refractivity contribution in [1.29, 1.82) is 0 Å². The number of fused-ring (bicyclic) bond motifs is 2. The lowest BCUT2D eigenvalue weighted by Crippen LogP contribution is -2.30. The number of nitrogens with zero attached hydrogens (tertiary/aromatic N) is 3. The molecular weight excluding hydrogens is 465 g/mol. The topological polar surface area (TPSA) is 84.4 Å². The van der Waals surface area contributed by atoms with Crippen molar-refractivity contribution in [2.24, 2.45) is 0 Å². The second kappa shape index (κ2) is 8.66. The van der Waals surface area contributed by atoms with Crippen molar-refractivity contribution in [2.75, 3.05) is 30.4 Å². The molecule has 3 aromatic rings. The number of carbonyl (C=O) groups is 2. The van der Waals surface area contributed by atoms with Crippen molar-refractivity contribution in [3.8, 4) is 0 Å². The van der Waals surface area contributed by atoms with Crippen molar-refractivity contribution in [3.05, 3.63) is 34.3 Å². The number of hydrogen-bond donors (Lipinski definition) is 1. The summed E-state index contributed by atoms with van der Waals surface area (Å²) in [5.74, 6) is -1.12. The number of likely N-dealkylation sites (N-methyl/N-ethyl adjacent to an activating group) is 1. The summed E-state index contributed by atoms with van der Waals surface area (Å²) in [6, 6.07) is 3.89. The van der Waals surface area contributed by atoms with Gasteiger partial charge in [0.25, 0.3) is 0 Å². The second-order valence-electron chi connectivity index (χ2n) is 7.22. The number of ether oxygens (including phenoxy) is 1. The molecule has 2 aromatic heterocycles. The molecule has 12 heteroatoms. The molecule has 0 aliphatic heterocycles. The highest BCUT2D eigenvalue weighted by Crippen LogP contribution is 2.40. The average Bonchev–Trinajstić information content (AvgIpc) is 3.40. The minimum Gasteiger partial charge on any atom is -0.465 e. The summed E-state index contributed by atoms with van der Waals surface area (Å²) in [7, 11) is 1.59.